The molecule has 0 bridgehead atoms. The summed E-state index contributed by atoms with van der Waals surface area (Å²) in [6, 6.07) is 5.46. The van der Waals surface area contributed by atoms with Gasteiger partial charge in [0.2, 0.25) is 0 Å². The van der Waals surface area contributed by atoms with Gasteiger partial charge in [0.05, 0.1) is 5.60 Å². The predicted octanol–water partition coefficient (Wildman–Crippen LogP) is 1.77. The molecule has 1 aromatic carbocycles. The Bertz CT molecular complexity index is 307. The molecule has 2 N–H and O–H groups in total. The summed E-state index contributed by atoms with van der Waals surface area (Å²) in [5.74, 6) is 0.291. The SMILES string of the molecule is Cc1cc(O)cc(CC2(O)CC2)c1. The minimum absolute atomic E-state index is 0.291. The van der Waals surface area contributed by atoms with E-state index in [1.807, 2.05) is 13.0 Å². The van der Waals surface area contributed by atoms with Crippen molar-refractivity contribution >= 4 is 0 Å². The van der Waals surface area contributed by atoms with Crippen LogP contribution in [0.2, 0.25) is 0 Å². The lowest BCUT2D eigenvalue weighted by Crippen LogP contribution is -2.10. The molecule has 0 heterocycles. The maximum atomic E-state index is 9.68. The minimum atomic E-state index is -0.472. The zero-order chi connectivity index (χ0) is 9.47. The molecule has 2 heteroatoms. The predicted molar refractivity (Wildman–Crippen MR) is 50.7 cm³/mol. The average Bonchev–Trinajstić information content (AvgIpc) is 2.64. The second kappa shape index (κ2) is 2.74. The van der Waals surface area contributed by atoms with E-state index < -0.39 is 5.60 Å². The first-order valence-corrected chi connectivity index (χ1v) is 4.59. The summed E-state index contributed by atoms with van der Waals surface area (Å²) in [4.78, 5) is 0. The largest absolute Gasteiger partial charge is 0.508 e. The van der Waals surface area contributed by atoms with Gasteiger partial charge < -0.3 is 10.2 Å². The molecule has 0 saturated heterocycles. The van der Waals surface area contributed by atoms with Gasteiger partial charge in [0.25, 0.3) is 0 Å². The van der Waals surface area contributed by atoms with Crippen molar-refractivity contribution < 1.29 is 10.2 Å². The van der Waals surface area contributed by atoms with Gasteiger partial charge in [0.15, 0.2) is 0 Å². The topological polar surface area (TPSA) is 40.5 Å². The van der Waals surface area contributed by atoms with E-state index >= 15 is 0 Å². The Morgan fingerprint density at radius 2 is 2.00 bits per heavy atom. The smallest absolute Gasteiger partial charge is 0.116 e. The molecule has 0 aliphatic heterocycles. The first-order valence-electron chi connectivity index (χ1n) is 4.59. The number of aromatic hydroxyl groups is 1. The highest BCUT2D eigenvalue weighted by Gasteiger charge is 2.40. The number of hydrogen-bond acceptors (Lipinski definition) is 2. The summed E-state index contributed by atoms with van der Waals surface area (Å²) in [6.07, 6.45) is 2.45. The molecule has 1 aliphatic carbocycles. The Hall–Kier alpha value is -1.02. The monoisotopic (exact) mass is 178 g/mol. The highest BCUT2D eigenvalue weighted by atomic mass is 16.3. The normalized spacial score (nSPS) is 18.6. The van der Waals surface area contributed by atoms with Gasteiger partial charge in [-0.1, -0.05) is 6.07 Å². The molecule has 1 aliphatic rings. The third-order valence-corrected chi connectivity index (χ3v) is 2.48. The van der Waals surface area contributed by atoms with E-state index in [2.05, 4.69) is 0 Å². The zero-order valence-electron chi connectivity index (χ0n) is 7.75. The van der Waals surface area contributed by atoms with Crippen molar-refractivity contribution in [2.45, 2.75) is 31.8 Å². The molecule has 1 fully saturated rings. The van der Waals surface area contributed by atoms with Crippen LogP contribution >= 0.6 is 0 Å². The summed E-state index contributed by atoms with van der Waals surface area (Å²) >= 11 is 0. The fourth-order valence-electron chi connectivity index (χ4n) is 1.64. The summed E-state index contributed by atoms with van der Waals surface area (Å²) in [5.41, 5.74) is 1.59. The Balaban J connectivity index is 2.20. The van der Waals surface area contributed by atoms with Gasteiger partial charge in [-0.2, -0.15) is 0 Å². The number of benzene rings is 1. The minimum Gasteiger partial charge on any atom is -0.508 e. The van der Waals surface area contributed by atoms with Crippen LogP contribution in [0.3, 0.4) is 0 Å². The molecule has 2 rings (SSSR count). The van der Waals surface area contributed by atoms with Gasteiger partial charge in [0, 0.05) is 6.42 Å². The second-order valence-corrected chi connectivity index (χ2v) is 4.08. The van der Waals surface area contributed by atoms with Crippen LogP contribution in [0, 0.1) is 6.92 Å². The van der Waals surface area contributed by atoms with Crippen LogP contribution < -0.4 is 0 Å². The van der Waals surface area contributed by atoms with Crippen molar-refractivity contribution in [1.82, 2.24) is 0 Å². The Morgan fingerprint density at radius 1 is 1.31 bits per heavy atom. The summed E-state index contributed by atoms with van der Waals surface area (Å²) < 4.78 is 0. The van der Waals surface area contributed by atoms with Gasteiger partial charge in [-0.15, -0.1) is 0 Å². The third kappa shape index (κ3) is 2.01. The molecule has 0 amide bonds. The molecule has 0 unspecified atom stereocenters. The molecule has 0 radical (unpaired) electrons. The van der Waals surface area contributed by atoms with Crippen LogP contribution in [0.25, 0.3) is 0 Å². The molecule has 13 heavy (non-hydrogen) atoms. The van der Waals surface area contributed by atoms with Crippen LogP contribution in [0.5, 0.6) is 5.75 Å². The van der Waals surface area contributed by atoms with Crippen molar-refractivity contribution in [3.63, 3.8) is 0 Å². The molecule has 0 aromatic heterocycles. The third-order valence-electron chi connectivity index (χ3n) is 2.48. The van der Waals surface area contributed by atoms with Crippen LogP contribution in [0.1, 0.15) is 24.0 Å². The highest BCUT2D eigenvalue weighted by molar-refractivity contribution is 5.34. The van der Waals surface area contributed by atoms with Gasteiger partial charge in [-0.3, -0.25) is 0 Å². The fourth-order valence-corrected chi connectivity index (χ4v) is 1.64. The van der Waals surface area contributed by atoms with E-state index in [-0.39, 0.29) is 0 Å². The lowest BCUT2D eigenvalue weighted by atomic mass is 10.0. The molecule has 1 aromatic rings. The fraction of sp³-hybridized carbons (Fsp3) is 0.455. The summed E-state index contributed by atoms with van der Waals surface area (Å²) in [6.45, 7) is 1.94. The van der Waals surface area contributed by atoms with Crippen molar-refractivity contribution in [2.75, 3.05) is 0 Å². The van der Waals surface area contributed by atoms with Gasteiger partial charge in [-0.05, 0) is 43.0 Å². The van der Waals surface area contributed by atoms with Crippen LogP contribution in [-0.2, 0) is 6.42 Å². The molecular formula is C11H14O2. The van der Waals surface area contributed by atoms with E-state index in [9.17, 15) is 10.2 Å². The first kappa shape index (κ1) is 8.57. The standard InChI is InChI=1S/C11H14O2/c1-8-4-9(6-10(12)5-8)7-11(13)2-3-11/h4-6,12-13H,2-3,7H2,1H3. The van der Waals surface area contributed by atoms with Crippen LogP contribution in [-0.4, -0.2) is 15.8 Å². The summed E-state index contributed by atoms with van der Waals surface area (Å²) in [7, 11) is 0. The molecule has 2 nitrogen and oxygen atoms in total. The number of phenols is 1. The number of hydrogen-bond donors (Lipinski definition) is 2. The number of aliphatic hydroxyl groups is 1. The number of rotatable bonds is 2. The van der Waals surface area contributed by atoms with E-state index in [0.29, 0.717) is 12.2 Å². The highest BCUT2D eigenvalue weighted by Crippen LogP contribution is 2.38. The van der Waals surface area contributed by atoms with Gasteiger partial charge >= 0.3 is 0 Å². The Kier molecular flexibility index (Phi) is 1.81. The first-order chi connectivity index (χ1) is 6.07. The molecule has 70 valence electrons. The molecular weight excluding hydrogens is 164 g/mol. The zero-order valence-corrected chi connectivity index (χ0v) is 7.75. The summed E-state index contributed by atoms with van der Waals surface area (Å²) in [5, 5.41) is 19.0. The van der Waals surface area contributed by atoms with Crippen molar-refractivity contribution in [2.24, 2.45) is 0 Å². The maximum Gasteiger partial charge on any atom is 0.116 e. The van der Waals surface area contributed by atoms with Crippen molar-refractivity contribution in [3.8, 4) is 5.75 Å². The maximum absolute atomic E-state index is 9.68. The van der Waals surface area contributed by atoms with Crippen molar-refractivity contribution in [3.05, 3.63) is 29.3 Å². The Morgan fingerprint density at radius 3 is 2.54 bits per heavy atom. The van der Waals surface area contributed by atoms with E-state index in [4.69, 9.17) is 0 Å². The molecule has 0 spiro atoms. The molecule has 1 saturated carbocycles. The van der Waals surface area contributed by atoms with Gasteiger partial charge in [0.1, 0.15) is 5.75 Å². The van der Waals surface area contributed by atoms with Gasteiger partial charge in [-0.25, -0.2) is 0 Å². The second-order valence-electron chi connectivity index (χ2n) is 4.08. The van der Waals surface area contributed by atoms with E-state index in [0.717, 1.165) is 24.0 Å². The lowest BCUT2D eigenvalue weighted by molar-refractivity contribution is 0.151. The Labute approximate surface area is 77.8 Å². The van der Waals surface area contributed by atoms with Crippen LogP contribution in [0.4, 0.5) is 0 Å². The average molecular weight is 178 g/mol. The van der Waals surface area contributed by atoms with E-state index in [1.165, 1.54) is 0 Å². The van der Waals surface area contributed by atoms with Crippen LogP contribution in [0.15, 0.2) is 18.2 Å². The lowest BCUT2D eigenvalue weighted by Gasteiger charge is -2.08. The van der Waals surface area contributed by atoms with E-state index in [1.54, 1.807) is 12.1 Å². The molecule has 0 atom stereocenters. The van der Waals surface area contributed by atoms with Crippen molar-refractivity contribution in [1.29, 1.82) is 0 Å². The quantitative estimate of drug-likeness (QED) is 0.724. The number of phenolic OH excluding ortho intramolecular Hbond substituents is 1. The number of aryl methyl sites for hydroxylation is 1.